The number of aryl methyl sites for hydroxylation is 2. The van der Waals surface area contributed by atoms with Gasteiger partial charge in [-0.05, 0) is 68.0 Å². The van der Waals surface area contributed by atoms with Crippen LogP contribution in [0.1, 0.15) is 25.0 Å². The molecule has 160 valence electrons. The Bertz CT molecular complexity index is 1330. The standard InChI is InChI=1S/C25H28N2O2P2/c1-6-26(7-2)31(29)22-14-12-18(4)16-20(22)27-19-15-17(3)11-13-21(19)30(5,28)23-9-8-10-24(31)25(23)27/h8-16H,6-7H2,1-5H3. The molecule has 2 aliphatic rings. The molecule has 6 heteroatoms. The van der Waals surface area contributed by atoms with Gasteiger partial charge in [0.1, 0.15) is 7.14 Å². The van der Waals surface area contributed by atoms with E-state index in [0.717, 1.165) is 49.4 Å². The fourth-order valence-corrected chi connectivity index (χ4v) is 10.7. The lowest BCUT2D eigenvalue weighted by molar-refractivity contribution is 0.458. The average Bonchev–Trinajstić information content (AvgIpc) is 2.73. The smallest absolute Gasteiger partial charge is 0.211 e. The number of anilines is 3. The Morgan fingerprint density at radius 2 is 1.32 bits per heavy atom. The van der Waals surface area contributed by atoms with Crippen molar-refractivity contribution in [3.05, 3.63) is 65.7 Å². The highest BCUT2D eigenvalue weighted by Crippen LogP contribution is 2.61. The van der Waals surface area contributed by atoms with Gasteiger partial charge in [0.2, 0.25) is 7.29 Å². The summed E-state index contributed by atoms with van der Waals surface area (Å²) in [5.74, 6) is 0. The molecule has 2 atom stereocenters. The molecule has 0 aliphatic carbocycles. The van der Waals surface area contributed by atoms with Gasteiger partial charge in [-0.25, -0.2) is 4.67 Å². The van der Waals surface area contributed by atoms with Crippen LogP contribution in [0, 0.1) is 13.8 Å². The van der Waals surface area contributed by atoms with E-state index in [2.05, 4.69) is 55.5 Å². The van der Waals surface area contributed by atoms with Crippen molar-refractivity contribution in [3.8, 4) is 0 Å². The normalized spacial score (nSPS) is 23.4. The van der Waals surface area contributed by atoms with Gasteiger partial charge < -0.3 is 9.46 Å². The monoisotopic (exact) mass is 450 g/mol. The largest absolute Gasteiger partial charge is 0.314 e. The molecule has 2 aliphatic heterocycles. The summed E-state index contributed by atoms with van der Waals surface area (Å²) >= 11 is 0. The Kier molecular flexibility index (Phi) is 4.65. The molecule has 5 rings (SSSR count). The molecule has 0 amide bonds. The van der Waals surface area contributed by atoms with Crippen molar-refractivity contribution in [1.29, 1.82) is 0 Å². The predicted molar refractivity (Wildman–Crippen MR) is 133 cm³/mol. The van der Waals surface area contributed by atoms with E-state index in [1.165, 1.54) is 0 Å². The minimum atomic E-state index is -3.08. The van der Waals surface area contributed by atoms with E-state index >= 15 is 0 Å². The molecule has 0 spiro atoms. The van der Waals surface area contributed by atoms with E-state index < -0.39 is 14.4 Å². The molecule has 31 heavy (non-hydrogen) atoms. The maximum absolute atomic E-state index is 15.0. The summed E-state index contributed by atoms with van der Waals surface area (Å²) in [6.07, 6.45) is 0. The number of hydrogen-bond donors (Lipinski definition) is 0. The first-order chi connectivity index (χ1) is 14.7. The van der Waals surface area contributed by atoms with Gasteiger partial charge in [-0.1, -0.05) is 32.0 Å². The minimum absolute atomic E-state index is 0.685. The second-order valence-electron chi connectivity index (χ2n) is 8.60. The number of fused-ring (bicyclic) bond motifs is 4. The zero-order valence-electron chi connectivity index (χ0n) is 18.7. The second kappa shape index (κ2) is 6.94. The van der Waals surface area contributed by atoms with Crippen LogP contribution in [0.2, 0.25) is 0 Å². The molecule has 0 bridgehead atoms. The molecule has 3 aromatic carbocycles. The molecule has 4 nitrogen and oxygen atoms in total. The summed E-state index contributed by atoms with van der Waals surface area (Å²) in [6, 6.07) is 18.2. The predicted octanol–water partition coefficient (Wildman–Crippen LogP) is 4.91. The molecule has 0 saturated heterocycles. The summed E-state index contributed by atoms with van der Waals surface area (Å²) in [5, 5.41) is 3.35. The van der Waals surface area contributed by atoms with Crippen LogP contribution in [0.15, 0.2) is 54.6 Å². The van der Waals surface area contributed by atoms with E-state index in [1.807, 2.05) is 43.1 Å². The Hall–Kier alpha value is -2.12. The first-order valence-corrected chi connectivity index (χ1v) is 14.7. The van der Waals surface area contributed by atoms with Crippen LogP contribution < -0.4 is 26.1 Å². The number of para-hydroxylation sites is 1. The molecule has 0 aromatic heterocycles. The van der Waals surface area contributed by atoms with Gasteiger partial charge >= 0.3 is 0 Å². The zero-order chi connectivity index (χ0) is 22.1. The third-order valence-electron chi connectivity index (χ3n) is 6.66. The van der Waals surface area contributed by atoms with Crippen molar-refractivity contribution in [3.63, 3.8) is 0 Å². The van der Waals surface area contributed by atoms with Gasteiger partial charge in [0, 0.05) is 23.7 Å². The molecular formula is C25H28N2O2P2. The Morgan fingerprint density at radius 1 is 0.774 bits per heavy atom. The fourth-order valence-electron chi connectivity index (χ4n) is 5.14. The zero-order valence-corrected chi connectivity index (χ0v) is 20.5. The number of rotatable bonds is 3. The lowest BCUT2D eigenvalue weighted by Gasteiger charge is -2.45. The second-order valence-corrected chi connectivity index (χ2v) is 14.1. The number of nitrogens with zero attached hydrogens (tertiary/aromatic N) is 2. The van der Waals surface area contributed by atoms with Crippen LogP contribution in [0.4, 0.5) is 17.1 Å². The maximum Gasteiger partial charge on any atom is 0.211 e. The van der Waals surface area contributed by atoms with Crippen LogP contribution in [0.3, 0.4) is 0 Å². The topological polar surface area (TPSA) is 40.6 Å². The number of hydrogen-bond acceptors (Lipinski definition) is 3. The number of benzene rings is 3. The van der Waals surface area contributed by atoms with Gasteiger partial charge in [0.15, 0.2) is 0 Å². The highest BCUT2D eigenvalue weighted by Gasteiger charge is 2.48. The van der Waals surface area contributed by atoms with Gasteiger partial charge in [0.05, 0.1) is 27.7 Å². The van der Waals surface area contributed by atoms with E-state index in [-0.39, 0.29) is 0 Å². The van der Waals surface area contributed by atoms with Crippen molar-refractivity contribution < 1.29 is 9.13 Å². The third-order valence-corrected chi connectivity index (χ3v) is 12.6. The Labute approximate surface area is 184 Å². The SMILES string of the molecule is CCN(CC)P1(=O)c2ccc(C)cc2N2c3cc(C)ccc3P(C)(=O)c3cccc1c32. The summed E-state index contributed by atoms with van der Waals surface area (Å²) < 4.78 is 31.3. The third kappa shape index (κ3) is 2.65. The minimum Gasteiger partial charge on any atom is -0.314 e. The van der Waals surface area contributed by atoms with Gasteiger partial charge in [-0.15, -0.1) is 0 Å². The van der Waals surface area contributed by atoms with Crippen LogP contribution in [0.25, 0.3) is 0 Å². The van der Waals surface area contributed by atoms with Crippen molar-refractivity contribution in [2.24, 2.45) is 0 Å². The quantitative estimate of drug-likeness (QED) is 0.532. The molecule has 0 radical (unpaired) electrons. The highest BCUT2D eigenvalue weighted by molar-refractivity contribution is 7.80. The fraction of sp³-hybridized carbons (Fsp3) is 0.280. The van der Waals surface area contributed by atoms with Crippen molar-refractivity contribution in [2.45, 2.75) is 27.7 Å². The first-order valence-electron chi connectivity index (χ1n) is 10.8. The Morgan fingerprint density at radius 3 is 1.94 bits per heavy atom. The average molecular weight is 450 g/mol. The van der Waals surface area contributed by atoms with E-state index in [0.29, 0.717) is 13.1 Å². The summed E-state index contributed by atoms with van der Waals surface area (Å²) in [7, 11) is -5.92. The van der Waals surface area contributed by atoms with Crippen molar-refractivity contribution in [1.82, 2.24) is 4.67 Å². The van der Waals surface area contributed by atoms with Crippen LogP contribution >= 0.6 is 14.4 Å². The lowest BCUT2D eigenvalue weighted by Crippen LogP contribution is -2.45. The van der Waals surface area contributed by atoms with Gasteiger partial charge in [-0.2, -0.15) is 0 Å². The molecule has 0 N–H and O–H groups in total. The molecule has 0 fully saturated rings. The molecular weight excluding hydrogens is 422 g/mol. The molecule has 2 unspecified atom stereocenters. The summed E-state index contributed by atoms with van der Waals surface area (Å²) in [4.78, 5) is 2.22. The van der Waals surface area contributed by atoms with E-state index in [1.54, 1.807) is 0 Å². The van der Waals surface area contributed by atoms with Crippen molar-refractivity contribution >= 4 is 52.7 Å². The summed E-state index contributed by atoms with van der Waals surface area (Å²) in [5.41, 5.74) is 4.99. The molecule has 0 saturated carbocycles. The van der Waals surface area contributed by atoms with E-state index in [9.17, 15) is 9.13 Å². The van der Waals surface area contributed by atoms with Crippen LogP contribution in [0.5, 0.6) is 0 Å². The first kappa shape index (κ1) is 20.8. The Balaban J connectivity index is 1.98. The molecule has 2 heterocycles. The lowest BCUT2D eigenvalue weighted by atomic mass is 10.1. The van der Waals surface area contributed by atoms with E-state index in [4.69, 9.17) is 0 Å². The van der Waals surface area contributed by atoms with Gasteiger partial charge in [0.25, 0.3) is 0 Å². The van der Waals surface area contributed by atoms with Crippen LogP contribution in [-0.2, 0) is 9.13 Å². The maximum atomic E-state index is 15.0. The summed E-state index contributed by atoms with van der Waals surface area (Å²) in [6.45, 7) is 11.5. The molecule has 3 aromatic rings. The highest BCUT2D eigenvalue weighted by atomic mass is 31.2. The van der Waals surface area contributed by atoms with Crippen LogP contribution in [-0.4, -0.2) is 24.4 Å². The van der Waals surface area contributed by atoms with Crippen molar-refractivity contribution in [2.75, 3.05) is 24.7 Å². The van der Waals surface area contributed by atoms with Gasteiger partial charge in [-0.3, -0.25) is 4.57 Å².